The van der Waals surface area contributed by atoms with Crippen LogP contribution in [-0.2, 0) is 11.8 Å². The SMILES string of the molecule is CC(NC(=O)NC1CCCc2cn[nH]c21)c1nc(C(C)(C)C)cs1. The number of nitrogens with one attached hydrogen (secondary N) is 3. The normalized spacial score (nSPS) is 18.8. The summed E-state index contributed by atoms with van der Waals surface area (Å²) in [6.07, 6.45) is 4.88. The molecule has 1 aliphatic rings. The van der Waals surface area contributed by atoms with E-state index >= 15 is 0 Å². The second-order valence-electron chi connectivity index (χ2n) is 7.41. The number of amides is 2. The Labute approximate surface area is 146 Å². The van der Waals surface area contributed by atoms with E-state index in [2.05, 4.69) is 52.0 Å². The van der Waals surface area contributed by atoms with Crippen LogP contribution in [0.15, 0.2) is 11.6 Å². The van der Waals surface area contributed by atoms with Crippen LogP contribution in [0.1, 0.15) is 74.6 Å². The van der Waals surface area contributed by atoms with Crippen LogP contribution < -0.4 is 10.6 Å². The molecule has 0 fully saturated rings. The van der Waals surface area contributed by atoms with E-state index in [0.717, 1.165) is 35.7 Å². The first kappa shape index (κ1) is 17.0. The van der Waals surface area contributed by atoms with E-state index in [9.17, 15) is 4.79 Å². The van der Waals surface area contributed by atoms with Crippen molar-refractivity contribution in [3.8, 4) is 0 Å². The molecule has 2 unspecified atom stereocenters. The predicted molar refractivity (Wildman–Crippen MR) is 95.2 cm³/mol. The third-order valence-corrected chi connectivity index (χ3v) is 5.38. The fourth-order valence-corrected chi connectivity index (χ4v) is 3.95. The number of thiazole rings is 1. The maximum atomic E-state index is 12.4. The van der Waals surface area contributed by atoms with E-state index in [1.807, 2.05) is 13.1 Å². The minimum atomic E-state index is -0.164. The Morgan fingerprint density at radius 3 is 2.96 bits per heavy atom. The molecule has 0 radical (unpaired) electrons. The van der Waals surface area contributed by atoms with Crippen LogP contribution in [-0.4, -0.2) is 21.2 Å². The first-order valence-electron chi connectivity index (χ1n) is 8.39. The molecular formula is C17H25N5OS. The molecule has 0 spiro atoms. The molecule has 7 heteroatoms. The van der Waals surface area contributed by atoms with Crippen LogP contribution in [0.3, 0.4) is 0 Å². The van der Waals surface area contributed by atoms with Crippen LogP contribution in [0.25, 0.3) is 0 Å². The van der Waals surface area contributed by atoms with Gasteiger partial charge in [0.2, 0.25) is 0 Å². The highest BCUT2D eigenvalue weighted by Crippen LogP contribution is 2.28. The Balaban J connectivity index is 1.60. The van der Waals surface area contributed by atoms with E-state index < -0.39 is 0 Å². The molecule has 1 aliphatic carbocycles. The summed E-state index contributed by atoms with van der Waals surface area (Å²) in [6, 6.07) is -0.275. The summed E-state index contributed by atoms with van der Waals surface area (Å²) in [5, 5.41) is 16.2. The van der Waals surface area contributed by atoms with Gasteiger partial charge in [-0.3, -0.25) is 5.10 Å². The number of nitrogens with zero attached hydrogens (tertiary/aromatic N) is 2. The lowest BCUT2D eigenvalue weighted by Crippen LogP contribution is -2.40. The summed E-state index contributed by atoms with van der Waals surface area (Å²) in [7, 11) is 0. The summed E-state index contributed by atoms with van der Waals surface area (Å²) in [6.45, 7) is 8.39. The minimum Gasteiger partial charge on any atom is -0.330 e. The Bertz CT molecular complexity index is 715. The molecule has 0 saturated heterocycles. The molecule has 2 atom stereocenters. The second kappa shape index (κ2) is 6.55. The van der Waals surface area contributed by atoms with Gasteiger partial charge in [-0.15, -0.1) is 11.3 Å². The standard InChI is InChI=1S/C17H25N5OS/c1-10(15-21-13(9-24-15)17(2,3)4)19-16(23)20-12-7-5-6-11-8-18-22-14(11)12/h8-10,12H,5-7H2,1-4H3,(H,18,22)(H2,19,20,23). The van der Waals surface area contributed by atoms with Crippen molar-refractivity contribution in [2.75, 3.05) is 0 Å². The molecule has 2 amide bonds. The van der Waals surface area contributed by atoms with Crippen molar-refractivity contribution in [3.63, 3.8) is 0 Å². The van der Waals surface area contributed by atoms with E-state index in [0.29, 0.717) is 0 Å². The predicted octanol–water partition coefficient (Wildman–Crippen LogP) is 3.60. The molecule has 0 aliphatic heterocycles. The van der Waals surface area contributed by atoms with Gasteiger partial charge in [0.1, 0.15) is 5.01 Å². The monoisotopic (exact) mass is 347 g/mol. The van der Waals surface area contributed by atoms with Gasteiger partial charge in [0.15, 0.2) is 0 Å². The zero-order valence-corrected chi connectivity index (χ0v) is 15.5. The molecule has 2 aromatic rings. The molecular weight excluding hydrogens is 322 g/mol. The highest BCUT2D eigenvalue weighted by Gasteiger charge is 2.25. The zero-order chi connectivity index (χ0) is 17.3. The number of H-pyrrole nitrogens is 1. The van der Waals surface area contributed by atoms with Gasteiger partial charge in [0.25, 0.3) is 0 Å². The molecule has 0 aromatic carbocycles. The maximum Gasteiger partial charge on any atom is 0.315 e. The fraction of sp³-hybridized carbons (Fsp3) is 0.588. The van der Waals surface area contributed by atoms with E-state index in [1.165, 1.54) is 5.56 Å². The fourth-order valence-electron chi connectivity index (χ4n) is 2.90. The molecule has 0 saturated carbocycles. The average molecular weight is 347 g/mol. The van der Waals surface area contributed by atoms with Gasteiger partial charge in [-0.05, 0) is 31.7 Å². The van der Waals surface area contributed by atoms with Gasteiger partial charge < -0.3 is 10.6 Å². The molecule has 3 N–H and O–H groups in total. The number of aromatic nitrogens is 3. The van der Waals surface area contributed by atoms with Crippen molar-refractivity contribution in [3.05, 3.63) is 33.5 Å². The lowest BCUT2D eigenvalue weighted by molar-refractivity contribution is 0.232. The van der Waals surface area contributed by atoms with Crippen molar-refractivity contribution in [2.45, 2.75) is 64.5 Å². The number of hydrogen-bond donors (Lipinski definition) is 3. The number of carbonyl (C=O) groups is 1. The highest BCUT2D eigenvalue weighted by molar-refractivity contribution is 7.09. The number of hydrogen-bond acceptors (Lipinski definition) is 4. The molecule has 3 rings (SSSR count). The second-order valence-corrected chi connectivity index (χ2v) is 8.30. The first-order valence-corrected chi connectivity index (χ1v) is 9.27. The van der Waals surface area contributed by atoms with Crippen LogP contribution in [0, 0.1) is 0 Å². The van der Waals surface area contributed by atoms with Gasteiger partial charge in [0.05, 0.1) is 29.7 Å². The van der Waals surface area contributed by atoms with Crippen LogP contribution in [0.4, 0.5) is 4.79 Å². The summed E-state index contributed by atoms with van der Waals surface area (Å²) in [4.78, 5) is 17.0. The first-order chi connectivity index (χ1) is 11.3. The third kappa shape index (κ3) is 3.61. The van der Waals surface area contributed by atoms with Gasteiger partial charge >= 0.3 is 6.03 Å². The summed E-state index contributed by atoms with van der Waals surface area (Å²) < 4.78 is 0. The zero-order valence-electron chi connectivity index (χ0n) is 14.6. The minimum absolute atomic E-state index is 0.00452. The Hall–Kier alpha value is -1.89. The quantitative estimate of drug-likeness (QED) is 0.793. The van der Waals surface area contributed by atoms with Crippen molar-refractivity contribution in [1.82, 2.24) is 25.8 Å². The van der Waals surface area contributed by atoms with Gasteiger partial charge in [0, 0.05) is 10.8 Å². The number of carbonyl (C=O) groups excluding carboxylic acids is 1. The van der Waals surface area contributed by atoms with Gasteiger partial charge in [-0.2, -0.15) is 5.10 Å². The Morgan fingerprint density at radius 1 is 1.46 bits per heavy atom. The lowest BCUT2D eigenvalue weighted by atomic mass is 9.93. The number of aromatic amines is 1. The van der Waals surface area contributed by atoms with Crippen LogP contribution in [0.5, 0.6) is 0 Å². The largest absolute Gasteiger partial charge is 0.330 e. The molecule has 0 bridgehead atoms. The molecule has 2 aromatic heterocycles. The number of fused-ring (bicyclic) bond motifs is 1. The highest BCUT2D eigenvalue weighted by atomic mass is 32.1. The Morgan fingerprint density at radius 2 is 2.25 bits per heavy atom. The number of aryl methyl sites for hydroxylation is 1. The summed E-state index contributed by atoms with van der Waals surface area (Å²) in [5.41, 5.74) is 3.32. The van der Waals surface area contributed by atoms with Crippen molar-refractivity contribution < 1.29 is 4.79 Å². The molecule has 2 heterocycles. The van der Waals surface area contributed by atoms with Crippen LogP contribution >= 0.6 is 11.3 Å². The lowest BCUT2D eigenvalue weighted by Gasteiger charge is -2.24. The third-order valence-electron chi connectivity index (χ3n) is 4.35. The average Bonchev–Trinajstić information content (AvgIpc) is 3.16. The van der Waals surface area contributed by atoms with Crippen LogP contribution in [0.2, 0.25) is 0 Å². The topological polar surface area (TPSA) is 82.7 Å². The maximum absolute atomic E-state index is 12.4. The smallest absolute Gasteiger partial charge is 0.315 e. The number of rotatable bonds is 3. The molecule has 6 nitrogen and oxygen atoms in total. The Kier molecular flexibility index (Phi) is 4.62. The van der Waals surface area contributed by atoms with Crippen molar-refractivity contribution >= 4 is 17.4 Å². The van der Waals surface area contributed by atoms with Crippen molar-refractivity contribution in [1.29, 1.82) is 0 Å². The molecule has 24 heavy (non-hydrogen) atoms. The molecule has 130 valence electrons. The van der Waals surface area contributed by atoms with E-state index in [1.54, 1.807) is 11.3 Å². The van der Waals surface area contributed by atoms with Gasteiger partial charge in [-0.1, -0.05) is 20.8 Å². The van der Waals surface area contributed by atoms with Crippen molar-refractivity contribution in [2.24, 2.45) is 0 Å². The summed E-state index contributed by atoms with van der Waals surface area (Å²) >= 11 is 1.59. The van der Waals surface area contributed by atoms with E-state index in [4.69, 9.17) is 0 Å². The van der Waals surface area contributed by atoms with Gasteiger partial charge in [-0.25, -0.2) is 9.78 Å². The number of urea groups is 1. The summed E-state index contributed by atoms with van der Waals surface area (Å²) in [5.74, 6) is 0. The van der Waals surface area contributed by atoms with E-state index in [-0.39, 0.29) is 23.5 Å².